The van der Waals surface area contributed by atoms with E-state index >= 15 is 0 Å². The highest BCUT2D eigenvalue weighted by Crippen LogP contribution is 2.23. The average Bonchev–Trinajstić information content (AvgIpc) is 2.39. The summed E-state index contributed by atoms with van der Waals surface area (Å²) in [4.78, 5) is 11.8. The summed E-state index contributed by atoms with van der Waals surface area (Å²) >= 11 is 0. The highest BCUT2D eigenvalue weighted by Gasteiger charge is 2.13. The van der Waals surface area contributed by atoms with Crippen LogP contribution in [0.4, 0.5) is 0 Å². The molecular weight excluding hydrogens is 234 g/mol. The van der Waals surface area contributed by atoms with Crippen LogP contribution < -0.4 is 5.32 Å². The molecule has 0 aromatic rings. The lowest BCUT2D eigenvalue weighted by atomic mass is 9.90. The average molecular weight is 267 g/mol. The zero-order chi connectivity index (χ0) is 13.8. The molecule has 0 radical (unpaired) electrons. The SMILES string of the molecule is CCCNC(=O)CC1CCCCCCCCCCC1. The fourth-order valence-electron chi connectivity index (χ4n) is 3.05. The molecule has 2 heteroatoms. The Bertz CT molecular complexity index is 215. The van der Waals surface area contributed by atoms with Gasteiger partial charge in [0.05, 0.1) is 0 Å². The minimum Gasteiger partial charge on any atom is -0.356 e. The van der Waals surface area contributed by atoms with Gasteiger partial charge in [0, 0.05) is 13.0 Å². The minimum absolute atomic E-state index is 0.277. The highest BCUT2D eigenvalue weighted by atomic mass is 16.1. The van der Waals surface area contributed by atoms with Gasteiger partial charge in [0.15, 0.2) is 0 Å². The van der Waals surface area contributed by atoms with E-state index in [-0.39, 0.29) is 5.91 Å². The minimum atomic E-state index is 0.277. The van der Waals surface area contributed by atoms with Gasteiger partial charge in [-0.15, -0.1) is 0 Å². The van der Waals surface area contributed by atoms with E-state index in [9.17, 15) is 4.79 Å². The van der Waals surface area contributed by atoms with Gasteiger partial charge in [-0.05, 0) is 25.2 Å². The lowest BCUT2D eigenvalue weighted by molar-refractivity contribution is -0.122. The van der Waals surface area contributed by atoms with Crippen molar-refractivity contribution in [1.82, 2.24) is 5.32 Å². The van der Waals surface area contributed by atoms with Crippen LogP contribution in [0.3, 0.4) is 0 Å². The first-order valence-corrected chi connectivity index (χ1v) is 8.59. The quantitative estimate of drug-likeness (QED) is 0.777. The Morgan fingerprint density at radius 2 is 1.37 bits per heavy atom. The third kappa shape index (κ3) is 9.07. The zero-order valence-electron chi connectivity index (χ0n) is 12.9. The van der Waals surface area contributed by atoms with Crippen LogP contribution in [0.25, 0.3) is 0 Å². The molecule has 1 amide bonds. The fraction of sp³-hybridized carbons (Fsp3) is 0.941. The van der Waals surface area contributed by atoms with Gasteiger partial charge in [0.2, 0.25) is 5.91 Å². The number of hydrogen-bond acceptors (Lipinski definition) is 1. The number of rotatable bonds is 4. The zero-order valence-corrected chi connectivity index (χ0v) is 12.9. The van der Waals surface area contributed by atoms with Gasteiger partial charge in [0.1, 0.15) is 0 Å². The number of hydrogen-bond donors (Lipinski definition) is 1. The molecule has 0 atom stereocenters. The van der Waals surface area contributed by atoms with Crippen molar-refractivity contribution in [2.24, 2.45) is 5.92 Å². The molecule has 1 N–H and O–H groups in total. The Morgan fingerprint density at radius 1 is 0.895 bits per heavy atom. The summed E-state index contributed by atoms with van der Waals surface area (Å²) in [6, 6.07) is 0. The van der Waals surface area contributed by atoms with Crippen molar-refractivity contribution in [3.8, 4) is 0 Å². The molecule has 0 spiro atoms. The first-order chi connectivity index (χ1) is 9.33. The highest BCUT2D eigenvalue weighted by molar-refractivity contribution is 5.76. The van der Waals surface area contributed by atoms with Crippen LogP contribution in [0, 0.1) is 5.92 Å². The molecule has 112 valence electrons. The van der Waals surface area contributed by atoms with Crippen LogP contribution in [0.2, 0.25) is 0 Å². The number of nitrogens with one attached hydrogen (secondary N) is 1. The molecule has 19 heavy (non-hydrogen) atoms. The first kappa shape index (κ1) is 16.5. The number of carbonyl (C=O) groups is 1. The molecule has 1 aliphatic carbocycles. The van der Waals surface area contributed by atoms with Crippen molar-refractivity contribution in [1.29, 1.82) is 0 Å². The van der Waals surface area contributed by atoms with Gasteiger partial charge in [-0.2, -0.15) is 0 Å². The molecule has 0 heterocycles. The second kappa shape index (κ2) is 11.3. The second-order valence-electron chi connectivity index (χ2n) is 6.18. The molecule has 0 aromatic carbocycles. The van der Waals surface area contributed by atoms with Crippen LogP contribution in [-0.4, -0.2) is 12.5 Å². The predicted molar refractivity (Wildman–Crippen MR) is 82.2 cm³/mol. The van der Waals surface area contributed by atoms with Crippen LogP contribution >= 0.6 is 0 Å². The summed E-state index contributed by atoms with van der Waals surface area (Å²) in [7, 11) is 0. The molecule has 1 aliphatic rings. The van der Waals surface area contributed by atoms with Gasteiger partial charge in [-0.3, -0.25) is 4.79 Å². The van der Waals surface area contributed by atoms with Crippen LogP contribution in [0.15, 0.2) is 0 Å². The lowest BCUT2D eigenvalue weighted by Crippen LogP contribution is -2.26. The number of carbonyl (C=O) groups excluding carboxylic acids is 1. The molecule has 1 saturated carbocycles. The molecule has 1 rings (SSSR count). The summed E-state index contributed by atoms with van der Waals surface area (Å²) in [6.45, 7) is 2.95. The molecule has 0 saturated heterocycles. The fourth-order valence-corrected chi connectivity index (χ4v) is 3.05. The predicted octanol–water partition coefficient (Wildman–Crippen LogP) is 4.82. The van der Waals surface area contributed by atoms with E-state index in [0.29, 0.717) is 5.92 Å². The van der Waals surface area contributed by atoms with Crippen molar-refractivity contribution in [2.75, 3.05) is 6.54 Å². The Labute approximate surface area is 119 Å². The summed E-state index contributed by atoms with van der Waals surface area (Å²) in [5.41, 5.74) is 0. The Kier molecular flexibility index (Phi) is 9.84. The molecule has 0 aliphatic heterocycles. The van der Waals surface area contributed by atoms with Crippen molar-refractivity contribution >= 4 is 5.91 Å². The first-order valence-electron chi connectivity index (χ1n) is 8.59. The van der Waals surface area contributed by atoms with E-state index < -0.39 is 0 Å². The van der Waals surface area contributed by atoms with Gasteiger partial charge in [-0.1, -0.05) is 64.7 Å². The molecule has 0 aromatic heterocycles. The summed E-state index contributed by atoms with van der Waals surface area (Å²) in [5, 5.41) is 3.03. The molecule has 1 fully saturated rings. The van der Waals surface area contributed by atoms with Crippen molar-refractivity contribution in [3.05, 3.63) is 0 Å². The maximum absolute atomic E-state index is 11.8. The number of amides is 1. The smallest absolute Gasteiger partial charge is 0.220 e. The van der Waals surface area contributed by atoms with Crippen molar-refractivity contribution in [3.63, 3.8) is 0 Å². The van der Waals surface area contributed by atoms with E-state index in [4.69, 9.17) is 0 Å². The third-order valence-electron chi connectivity index (χ3n) is 4.27. The summed E-state index contributed by atoms with van der Waals surface area (Å²) in [6.07, 6.45) is 16.8. The lowest BCUT2D eigenvalue weighted by Gasteiger charge is -2.17. The Balaban J connectivity index is 2.27. The normalized spacial score (nSPS) is 20.3. The van der Waals surface area contributed by atoms with Gasteiger partial charge < -0.3 is 5.32 Å². The summed E-state index contributed by atoms with van der Waals surface area (Å²) in [5.74, 6) is 0.912. The van der Waals surface area contributed by atoms with Crippen LogP contribution in [0.1, 0.15) is 90.4 Å². The second-order valence-corrected chi connectivity index (χ2v) is 6.18. The van der Waals surface area contributed by atoms with E-state index in [1.807, 2.05) is 0 Å². The van der Waals surface area contributed by atoms with Crippen molar-refractivity contribution < 1.29 is 4.79 Å². The Hall–Kier alpha value is -0.530. The molecule has 0 unspecified atom stereocenters. The van der Waals surface area contributed by atoms with Crippen LogP contribution in [-0.2, 0) is 4.79 Å². The van der Waals surface area contributed by atoms with E-state index in [1.165, 1.54) is 70.6 Å². The van der Waals surface area contributed by atoms with Gasteiger partial charge >= 0.3 is 0 Å². The van der Waals surface area contributed by atoms with E-state index in [2.05, 4.69) is 12.2 Å². The standard InChI is InChI=1S/C17H33NO/c1-2-14-18-17(19)15-16-12-10-8-6-4-3-5-7-9-11-13-16/h16H,2-15H2,1H3,(H,18,19). The molecule has 0 bridgehead atoms. The maximum Gasteiger partial charge on any atom is 0.220 e. The maximum atomic E-state index is 11.8. The van der Waals surface area contributed by atoms with Crippen molar-refractivity contribution in [2.45, 2.75) is 90.4 Å². The Morgan fingerprint density at radius 3 is 1.84 bits per heavy atom. The van der Waals surface area contributed by atoms with Gasteiger partial charge in [0.25, 0.3) is 0 Å². The van der Waals surface area contributed by atoms with E-state index in [0.717, 1.165) is 19.4 Å². The topological polar surface area (TPSA) is 29.1 Å². The molecule has 2 nitrogen and oxygen atoms in total. The summed E-state index contributed by atoms with van der Waals surface area (Å²) < 4.78 is 0. The largest absolute Gasteiger partial charge is 0.356 e. The monoisotopic (exact) mass is 267 g/mol. The third-order valence-corrected chi connectivity index (χ3v) is 4.27. The molecular formula is C17H33NO. The van der Waals surface area contributed by atoms with Crippen LogP contribution in [0.5, 0.6) is 0 Å². The van der Waals surface area contributed by atoms with Gasteiger partial charge in [-0.25, -0.2) is 0 Å². The van der Waals surface area contributed by atoms with E-state index in [1.54, 1.807) is 0 Å².